The second-order valence-electron chi connectivity index (χ2n) is 4.76. The van der Waals surface area contributed by atoms with Crippen molar-refractivity contribution in [3.8, 4) is 0 Å². The minimum absolute atomic E-state index is 0.538. The molecule has 6 heteroatoms. The Kier molecular flexibility index (Phi) is 4.54. The number of rotatable bonds is 6. The maximum absolute atomic E-state index is 4.31. The smallest absolute Gasteiger partial charge is 0.181 e. The van der Waals surface area contributed by atoms with Gasteiger partial charge in [0.05, 0.1) is 6.33 Å². The molecule has 0 spiro atoms. The molecule has 2 rings (SSSR count). The van der Waals surface area contributed by atoms with Crippen molar-refractivity contribution in [2.45, 2.75) is 31.8 Å². The molecule has 0 saturated carbocycles. The van der Waals surface area contributed by atoms with E-state index in [1.807, 2.05) is 0 Å². The lowest BCUT2D eigenvalue weighted by Gasteiger charge is -2.14. The van der Waals surface area contributed by atoms with Crippen LogP contribution in [0.1, 0.15) is 20.8 Å². The van der Waals surface area contributed by atoms with Crippen molar-refractivity contribution in [3.63, 3.8) is 0 Å². The van der Waals surface area contributed by atoms with Crippen LogP contribution in [0.25, 0.3) is 11.2 Å². The molecule has 5 nitrogen and oxygen atoms in total. The third kappa shape index (κ3) is 3.43. The molecule has 0 aromatic carbocycles. The summed E-state index contributed by atoms with van der Waals surface area (Å²) >= 11 is 1.75. The Labute approximate surface area is 111 Å². The molecule has 2 aromatic rings. The van der Waals surface area contributed by atoms with E-state index in [-0.39, 0.29) is 0 Å². The van der Waals surface area contributed by atoms with Crippen LogP contribution in [0, 0.1) is 5.92 Å². The fourth-order valence-electron chi connectivity index (χ4n) is 1.57. The van der Waals surface area contributed by atoms with Crippen LogP contribution in [0.4, 0.5) is 0 Å². The first kappa shape index (κ1) is 13.3. The minimum Gasteiger partial charge on any atom is -0.341 e. The number of H-pyrrole nitrogens is 1. The average molecular weight is 265 g/mol. The van der Waals surface area contributed by atoms with Gasteiger partial charge in [-0.25, -0.2) is 15.0 Å². The van der Waals surface area contributed by atoms with E-state index in [0.29, 0.717) is 12.0 Å². The number of imidazole rings is 1. The largest absolute Gasteiger partial charge is 0.341 e. The lowest BCUT2D eigenvalue weighted by molar-refractivity contribution is 0.510. The molecule has 0 fully saturated rings. The molecule has 98 valence electrons. The Morgan fingerprint density at radius 1 is 1.28 bits per heavy atom. The highest BCUT2D eigenvalue weighted by atomic mass is 32.2. The van der Waals surface area contributed by atoms with Crippen LogP contribution >= 0.6 is 11.8 Å². The highest BCUT2D eigenvalue weighted by Gasteiger charge is 2.09. The van der Waals surface area contributed by atoms with E-state index in [2.05, 4.69) is 46.0 Å². The SMILES string of the molecule is CC(CNC(C)C)CSc1ncnc2nc[nH]c12. The summed E-state index contributed by atoms with van der Waals surface area (Å²) in [5.74, 6) is 1.63. The predicted molar refractivity (Wildman–Crippen MR) is 74.7 cm³/mol. The molecule has 0 amide bonds. The number of hydrogen-bond acceptors (Lipinski definition) is 5. The zero-order valence-electron chi connectivity index (χ0n) is 11.0. The van der Waals surface area contributed by atoms with E-state index in [0.717, 1.165) is 28.5 Å². The topological polar surface area (TPSA) is 66.5 Å². The molecule has 0 saturated heterocycles. The molecule has 2 N–H and O–H groups in total. The summed E-state index contributed by atoms with van der Waals surface area (Å²) in [5.41, 5.74) is 1.67. The Morgan fingerprint density at radius 3 is 2.89 bits per heavy atom. The van der Waals surface area contributed by atoms with Gasteiger partial charge in [-0.2, -0.15) is 0 Å². The van der Waals surface area contributed by atoms with Crippen LogP contribution in [0.5, 0.6) is 0 Å². The molecule has 1 atom stereocenters. The minimum atomic E-state index is 0.538. The van der Waals surface area contributed by atoms with Crippen molar-refractivity contribution in [1.29, 1.82) is 0 Å². The summed E-state index contributed by atoms with van der Waals surface area (Å²) in [4.78, 5) is 15.6. The highest BCUT2D eigenvalue weighted by Crippen LogP contribution is 2.23. The van der Waals surface area contributed by atoms with E-state index < -0.39 is 0 Å². The van der Waals surface area contributed by atoms with Crippen molar-refractivity contribution in [3.05, 3.63) is 12.7 Å². The Balaban J connectivity index is 1.91. The van der Waals surface area contributed by atoms with E-state index in [1.165, 1.54) is 0 Å². The molecule has 0 radical (unpaired) electrons. The number of nitrogens with one attached hydrogen (secondary N) is 2. The van der Waals surface area contributed by atoms with Gasteiger partial charge < -0.3 is 10.3 Å². The van der Waals surface area contributed by atoms with Gasteiger partial charge in [0.25, 0.3) is 0 Å². The van der Waals surface area contributed by atoms with E-state index in [1.54, 1.807) is 24.4 Å². The van der Waals surface area contributed by atoms with Gasteiger partial charge in [0.2, 0.25) is 0 Å². The van der Waals surface area contributed by atoms with Crippen LogP contribution in [0.2, 0.25) is 0 Å². The first-order chi connectivity index (χ1) is 8.66. The first-order valence-electron chi connectivity index (χ1n) is 6.17. The van der Waals surface area contributed by atoms with Gasteiger partial charge in [0, 0.05) is 11.8 Å². The average Bonchev–Trinajstić information content (AvgIpc) is 2.82. The quantitative estimate of drug-likeness (QED) is 0.618. The van der Waals surface area contributed by atoms with Crippen LogP contribution < -0.4 is 5.32 Å². The van der Waals surface area contributed by atoms with Crippen LogP contribution in [0.3, 0.4) is 0 Å². The molecule has 0 aliphatic rings. The van der Waals surface area contributed by atoms with Crippen LogP contribution in [0.15, 0.2) is 17.7 Å². The summed E-state index contributed by atoms with van der Waals surface area (Å²) < 4.78 is 0. The Hall–Kier alpha value is -1.14. The third-order valence-electron chi connectivity index (χ3n) is 2.57. The number of fused-ring (bicyclic) bond motifs is 1. The first-order valence-corrected chi connectivity index (χ1v) is 7.15. The molecule has 0 bridgehead atoms. The van der Waals surface area contributed by atoms with Gasteiger partial charge in [0.15, 0.2) is 5.65 Å². The maximum atomic E-state index is 4.31. The third-order valence-corrected chi connectivity index (χ3v) is 3.89. The second kappa shape index (κ2) is 6.15. The van der Waals surface area contributed by atoms with E-state index in [4.69, 9.17) is 0 Å². The summed E-state index contributed by atoms with van der Waals surface area (Å²) in [7, 11) is 0. The van der Waals surface area contributed by atoms with Gasteiger partial charge in [0.1, 0.15) is 16.9 Å². The summed E-state index contributed by atoms with van der Waals surface area (Å²) in [6.45, 7) is 7.60. The number of hydrogen-bond donors (Lipinski definition) is 2. The Morgan fingerprint density at radius 2 is 2.11 bits per heavy atom. The number of thioether (sulfide) groups is 1. The standard InChI is InChI=1S/C12H19N5S/c1-8(2)13-4-9(3)5-18-12-10-11(15-6-14-10)16-7-17-12/h6-9,13H,4-5H2,1-3H3,(H,14,15,16,17). The van der Waals surface area contributed by atoms with Crippen molar-refractivity contribution < 1.29 is 0 Å². The Bertz CT molecular complexity index is 496. The van der Waals surface area contributed by atoms with Gasteiger partial charge >= 0.3 is 0 Å². The van der Waals surface area contributed by atoms with Gasteiger partial charge in [-0.1, -0.05) is 20.8 Å². The molecule has 18 heavy (non-hydrogen) atoms. The van der Waals surface area contributed by atoms with Crippen molar-refractivity contribution in [1.82, 2.24) is 25.3 Å². The monoisotopic (exact) mass is 265 g/mol. The molecule has 0 aliphatic carbocycles. The summed E-state index contributed by atoms with van der Waals surface area (Å²) in [6.07, 6.45) is 3.23. The number of nitrogens with zero attached hydrogens (tertiary/aromatic N) is 3. The van der Waals surface area contributed by atoms with Crippen molar-refractivity contribution in [2.24, 2.45) is 5.92 Å². The lowest BCUT2D eigenvalue weighted by atomic mass is 10.2. The highest BCUT2D eigenvalue weighted by molar-refractivity contribution is 7.99. The molecular weight excluding hydrogens is 246 g/mol. The lowest BCUT2D eigenvalue weighted by Crippen LogP contribution is -2.28. The summed E-state index contributed by atoms with van der Waals surface area (Å²) in [5, 5.41) is 4.43. The van der Waals surface area contributed by atoms with Gasteiger partial charge in [-0.15, -0.1) is 11.8 Å². The van der Waals surface area contributed by atoms with E-state index in [9.17, 15) is 0 Å². The predicted octanol–water partition coefficient (Wildman–Crippen LogP) is 2.08. The number of aromatic amines is 1. The fourth-order valence-corrected chi connectivity index (χ4v) is 2.55. The van der Waals surface area contributed by atoms with E-state index >= 15 is 0 Å². The zero-order chi connectivity index (χ0) is 13.0. The maximum Gasteiger partial charge on any atom is 0.181 e. The second-order valence-corrected chi connectivity index (χ2v) is 5.77. The van der Waals surface area contributed by atoms with Gasteiger partial charge in [-0.3, -0.25) is 0 Å². The molecular formula is C12H19N5S. The number of aromatic nitrogens is 4. The fraction of sp³-hybridized carbons (Fsp3) is 0.583. The summed E-state index contributed by atoms with van der Waals surface area (Å²) in [6, 6.07) is 0.538. The normalized spacial score (nSPS) is 13.3. The van der Waals surface area contributed by atoms with Crippen LogP contribution in [-0.4, -0.2) is 38.3 Å². The zero-order valence-corrected chi connectivity index (χ0v) is 11.8. The molecule has 1 unspecified atom stereocenters. The van der Waals surface area contributed by atoms with Gasteiger partial charge in [-0.05, 0) is 12.5 Å². The van der Waals surface area contributed by atoms with Crippen molar-refractivity contribution >= 4 is 22.9 Å². The molecule has 2 aromatic heterocycles. The molecule has 2 heterocycles. The van der Waals surface area contributed by atoms with Crippen LogP contribution in [-0.2, 0) is 0 Å². The molecule has 0 aliphatic heterocycles. The van der Waals surface area contributed by atoms with Crippen molar-refractivity contribution in [2.75, 3.05) is 12.3 Å².